The number of fused-ring (bicyclic) bond motifs is 1. The minimum atomic E-state index is -4.52. The van der Waals surface area contributed by atoms with Gasteiger partial charge in [0.15, 0.2) is 11.5 Å². The van der Waals surface area contributed by atoms with Gasteiger partial charge < -0.3 is 14.2 Å². The molecule has 0 unspecified atom stereocenters. The van der Waals surface area contributed by atoms with Gasteiger partial charge in [0.1, 0.15) is 23.4 Å². The molecule has 0 atom stereocenters. The zero-order chi connectivity index (χ0) is 33.2. The van der Waals surface area contributed by atoms with Crippen molar-refractivity contribution < 1.29 is 17.9 Å². The largest absolute Gasteiger partial charge is 0.480 e. The highest BCUT2D eigenvalue weighted by Crippen LogP contribution is 2.45. The monoisotopic (exact) mass is 656 g/mol. The van der Waals surface area contributed by atoms with Crippen LogP contribution in [0.5, 0.6) is 5.88 Å². The van der Waals surface area contributed by atoms with E-state index < -0.39 is 11.9 Å². The number of pyridine rings is 1. The molecule has 0 N–H and O–H groups in total. The van der Waals surface area contributed by atoms with E-state index in [-0.39, 0.29) is 30.0 Å². The molecule has 3 aliphatic rings. The minimum Gasteiger partial charge on any atom is -0.480 e. The van der Waals surface area contributed by atoms with E-state index in [1.807, 2.05) is 18.2 Å². The number of hydrogen-bond donors (Lipinski definition) is 0. The first kappa shape index (κ1) is 30.7. The van der Waals surface area contributed by atoms with Gasteiger partial charge in [-0.2, -0.15) is 13.2 Å². The van der Waals surface area contributed by atoms with Crippen LogP contribution in [-0.4, -0.2) is 66.2 Å². The summed E-state index contributed by atoms with van der Waals surface area (Å²) in [7, 11) is 3.64. The minimum absolute atomic E-state index is 0.0264. The first-order chi connectivity index (χ1) is 23.2. The third-order valence-electron chi connectivity index (χ3n) is 9.75. The molecule has 3 fully saturated rings. The Labute approximate surface area is 274 Å². The summed E-state index contributed by atoms with van der Waals surface area (Å²) in [5.74, 6) is 1.47. The maximum atomic E-state index is 14.4. The summed E-state index contributed by atoms with van der Waals surface area (Å²) in [5.41, 5.74) is 3.10. The molecule has 0 radical (unpaired) electrons. The van der Waals surface area contributed by atoms with E-state index in [0.717, 1.165) is 80.0 Å². The van der Waals surface area contributed by atoms with Crippen molar-refractivity contribution in [2.45, 2.75) is 69.1 Å². The first-order valence-electron chi connectivity index (χ1n) is 16.4. The van der Waals surface area contributed by atoms with Gasteiger partial charge in [-0.05, 0) is 76.2 Å². The quantitative estimate of drug-likeness (QED) is 0.194. The van der Waals surface area contributed by atoms with Crippen molar-refractivity contribution in [2.75, 3.05) is 27.2 Å². The van der Waals surface area contributed by atoms with Crippen molar-refractivity contribution in [2.24, 2.45) is 0 Å². The molecule has 0 bridgehead atoms. The van der Waals surface area contributed by atoms with Gasteiger partial charge in [0, 0.05) is 40.9 Å². The van der Waals surface area contributed by atoms with Crippen LogP contribution in [-0.2, 0) is 12.7 Å². The second-order valence-electron chi connectivity index (χ2n) is 13.2. The van der Waals surface area contributed by atoms with Crippen LogP contribution in [0, 0.1) is 0 Å². The molecule has 2 aliphatic carbocycles. The van der Waals surface area contributed by atoms with E-state index in [2.05, 4.69) is 26.9 Å². The number of benzene rings is 1. The molecule has 5 heterocycles. The predicted octanol–water partition coefficient (Wildman–Crippen LogP) is 6.21. The highest BCUT2D eigenvalue weighted by molar-refractivity contribution is 5.79. The van der Waals surface area contributed by atoms with E-state index in [4.69, 9.17) is 14.7 Å². The van der Waals surface area contributed by atoms with Crippen LogP contribution < -0.4 is 10.3 Å². The molecular formula is C35H35F3N8O2. The van der Waals surface area contributed by atoms with Crippen LogP contribution in [0.4, 0.5) is 13.2 Å². The van der Waals surface area contributed by atoms with Gasteiger partial charge >= 0.3 is 6.18 Å². The number of alkyl halides is 3. The first-order valence-corrected chi connectivity index (χ1v) is 16.4. The van der Waals surface area contributed by atoms with Crippen molar-refractivity contribution in [1.29, 1.82) is 0 Å². The van der Waals surface area contributed by atoms with Crippen molar-refractivity contribution in [3.63, 3.8) is 0 Å². The lowest BCUT2D eigenvalue weighted by Crippen LogP contribution is -2.33. The second kappa shape index (κ2) is 11.8. The molecule has 4 aromatic heterocycles. The zero-order valence-electron chi connectivity index (χ0n) is 26.7. The van der Waals surface area contributed by atoms with E-state index in [1.165, 1.54) is 6.33 Å². The van der Waals surface area contributed by atoms with Crippen LogP contribution in [0.15, 0.2) is 53.8 Å². The molecule has 0 amide bonds. The van der Waals surface area contributed by atoms with Crippen LogP contribution in [0.1, 0.15) is 78.9 Å². The Kier molecular flexibility index (Phi) is 7.54. The van der Waals surface area contributed by atoms with Crippen molar-refractivity contribution >= 4 is 11.0 Å². The number of ether oxygens (including phenoxy) is 1. The lowest BCUT2D eigenvalue weighted by atomic mass is 9.90. The molecule has 0 spiro atoms. The zero-order valence-corrected chi connectivity index (χ0v) is 26.7. The number of methoxy groups -OCH3 is 1. The summed E-state index contributed by atoms with van der Waals surface area (Å²) in [6.07, 6.45) is 5.28. The Morgan fingerprint density at radius 3 is 2.35 bits per heavy atom. The molecule has 1 aliphatic heterocycles. The Morgan fingerprint density at radius 2 is 1.69 bits per heavy atom. The molecule has 48 heavy (non-hydrogen) atoms. The number of imidazole rings is 1. The fourth-order valence-electron chi connectivity index (χ4n) is 6.79. The number of likely N-dealkylation sites (tertiary alicyclic amines) is 1. The number of piperidine rings is 1. The fraction of sp³-hybridized carbons (Fsp3) is 0.429. The van der Waals surface area contributed by atoms with E-state index >= 15 is 0 Å². The van der Waals surface area contributed by atoms with Crippen LogP contribution in [0.3, 0.4) is 0 Å². The Hall–Kier alpha value is -4.65. The van der Waals surface area contributed by atoms with Crippen molar-refractivity contribution in [1.82, 2.24) is 39.0 Å². The molecule has 10 nitrogen and oxygen atoms in total. The predicted molar refractivity (Wildman–Crippen MR) is 173 cm³/mol. The van der Waals surface area contributed by atoms with Crippen molar-refractivity contribution in [3.8, 4) is 28.7 Å². The molecule has 5 aromatic rings. The number of halogens is 3. The van der Waals surface area contributed by atoms with E-state index in [0.29, 0.717) is 34.3 Å². The van der Waals surface area contributed by atoms with Crippen LogP contribution >= 0.6 is 0 Å². The van der Waals surface area contributed by atoms with E-state index in [9.17, 15) is 18.0 Å². The van der Waals surface area contributed by atoms with Gasteiger partial charge in [-0.3, -0.25) is 9.36 Å². The Morgan fingerprint density at radius 1 is 0.938 bits per heavy atom. The molecule has 8 rings (SSSR count). The normalized spacial score (nSPS) is 17.7. The maximum absolute atomic E-state index is 14.4. The molecule has 2 saturated carbocycles. The highest BCUT2D eigenvalue weighted by Gasteiger charge is 2.37. The smallest absolute Gasteiger partial charge is 0.434 e. The van der Waals surface area contributed by atoms with Crippen molar-refractivity contribution in [3.05, 3.63) is 81.9 Å². The summed E-state index contributed by atoms with van der Waals surface area (Å²) in [6, 6.07) is 9.21. The Balaban J connectivity index is 1.21. The third kappa shape index (κ3) is 5.73. The summed E-state index contributed by atoms with van der Waals surface area (Å²) in [6.45, 7) is 2.03. The van der Waals surface area contributed by atoms with Gasteiger partial charge in [0.05, 0.1) is 19.3 Å². The average molecular weight is 657 g/mol. The van der Waals surface area contributed by atoms with Crippen LogP contribution in [0.2, 0.25) is 0 Å². The average Bonchev–Trinajstić information content (AvgIpc) is 4.04. The SMILES string of the molecule is COc1ncnc(C2CC2)c1-c1ncc2cc(C3CCN(C)CC3)c(=O)n(Cc3ccc(-c4nc(C(F)(F)F)cn4C4CC4)cc3)c2n1. The third-order valence-corrected chi connectivity index (χ3v) is 9.75. The van der Waals surface area contributed by atoms with Crippen LogP contribution in [0.25, 0.3) is 33.8 Å². The van der Waals surface area contributed by atoms with Gasteiger partial charge in [-0.15, -0.1) is 0 Å². The van der Waals surface area contributed by atoms with Gasteiger partial charge in [-0.1, -0.05) is 24.3 Å². The molecule has 1 aromatic carbocycles. The molecule has 248 valence electrons. The highest BCUT2D eigenvalue weighted by atomic mass is 19.4. The van der Waals surface area contributed by atoms with Gasteiger partial charge in [0.2, 0.25) is 5.88 Å². The molecule has 13 heteroatoms. The maximum Gasteiger partial charge on any atom is 0.434 e. The number of aromatic nitrogens is 7. The Bertz CT molecular complexity index is 2060. The fourth-order valence-corrected chi connectivity index (χ4v) is 6.79. The number of rotatable bonds is 8. The summed E-state index contributed by atoms with van der Waals surface area (Å²) in [5, 5.41) is 0.749. The van der Waals surface area contributed by atoms with Gasteiger partial charge in [-0.25, -0.2) is 24.9 Å². The summed E-state index contributed by atoms with van der Waals surface area (Å²) in [4.78, 5) is 39.2. The van der Waals surface area contributed by atoms with E-state index in [1.54, 1.807) is 34.6 Å². The second-order valence-corrected chi connectivity index (χ2v) is 13.2. The topological polar surface area (TPSA) is 104 Å². The lowest BCUT2D eigenvalue weighted by Gasteiger charge is -2.29. The molecule has 1 saturated heterocycles. The standard InChI is InChI=1S/C35H35F3N8O2/c1-44-13-11-21(12-14-44)26-15-24-16-39-30(28-29(22-7-8-22)40-19-41-33(28)48-2)43-32(24)46(34(26)47)17-20-3-5-23(6-4-20)31-42-27(35(36,37)38)18-45(31)25-9-10-25/h3-6,15-16,18-19,21-22,25H,7-14,17H2,1-2H3. The summed E-state index contributed by atoms with van der Waals surface area (Å²) < 4.78 is 49.6. The van der Waals surface area contributed by atoms with Gasteiger partial charge in [0.25, 0.3) is 5.56 Å². The number of nitrogens with zero attached hydrogens (tertiary/aromatic N) is 8. The summed E-state index contributed by atoms with van der Waals surface area (Å²) >= 11 is 0. The molecular weight excluding hydrogens is 621 g/mol. The lowest BCUT2D eigenvalue weighted by molar-refractivity contribution is -0.140. The number of hydrogen-bond acceptors (Lipinski definition) is 8.